The molecule has 1 N–H and O–H groups in total. The third-order valence-corrected chi connectivity index (χ3v) is 4.81. The number of hydrogen-bond acceptors (Lipinski definition) is 5. The summed E-state index contributed by atoms with van der Waals surface area (Å²) in [4.78, 5) is 24.2. The smallest absolute Gasteiger partial charge is 0.263 e. The molecule has 3 aromatic heterocycles. The molecule has 1 aliphatic rings. The van der Waals surface area contributed by atoms with Gasteiger partial charge in [-0.2, -0.15) is 4.98 Å². The zero-order valence-electron chi connectivity index (χ0n) is 14.6. The molecule has 128 valence electrons. The molecule has 4 rings (SSSR count). The largest absolute Gasteiger partial charge is 0.333 e. The molecule has 1 aliphatic carbocycles. The van der Waals surface area contributed by atoms with Gasteiger partial charge in [-0.05, 0) is 54.9 Å². The van der Waals surface area contributed by atoms with Crippen LogP contribution >= 0.6 is 0 Å². The van der Waals surface area contributed by atoms with Gasteiger partial charge in [-0.25, -0.2) is 0 Å². The first-order chi connectivity index (χ1) is 11.9. The standard InChI is InChI=1S/C19H20N4O2/c1-11-5-4-8-20-15(11)16-22-18(25-23-16)13-9-12-10-19(2,3)7-6-14(12)21-17(13)24/h4-5,8-9H,6-7,10H2,1-3H3,(H,21,24). The molecule has 0 saturated carbocycles. The normalized spacial score (nSPS) is 15.8. The number of fused-ring (bicyclic) bond motifs is 1. The van der Waals surface area contributed by atoms with Gasteiger partial charge >= 0.3 is 0 Å². The Balaban J connectivity index is 1.76. The molecule has 0 aromatic carbocycles. The topological polar surface area (TPSA) is 84.7 Å². The first kappa shape index (κ1) is 15.7. The summed E-state index contributed by atoms with van der Waals surface area (Å²) in [6.45, 7) is 6.43. The van der Waals surface area contributed by atoms with Crippen LogP contribution in [0.4, 0.5) is 0 Å². The number of aromatic nitrogens is 4. The van der Waals surface area contributed by atoms with Crippen LogP contribution in [0.2, 0.25) is 0 Å². The van der Waals surface area contributed by atoms with Crippen molar-refractivity contribution in [3.8, 4) is 23.0 Å². The third kappa shape index (κ3) is 2.88. The molecule has 0 radical (unpaired) electrons. The fraction of sp³-hybridized carbons (Fsp3) is 0.368. The highest BCUT2D eigenvalue weighted by Crippen LogP contribution is 2.34. The lowest BCUT2D eigenvalue weighted by Crippen LogP contribution is -2.26. The van der Waals surface area contributed by atoms with Crippen molar-refractivity contribution in [2.45, 2.75) is 40.0 Å². The van der Waals surface area contributed by atoms with Gasteiger partial charge in [0.05, 0.1) is 0 Å². The number of nitrogens with zero attached hydrogens (tertiary/aromatic N) is 3. The van der Waals surface area contributed by atoms with Crippen molar-refractivity contribution >= 4 is 0 Å². The van der Waals surface area contributed by atoms with E-state index in [1.165, 1.54) is 0 Å². The van der Waals surface area contributed by atoms with Crippen LogP contribution in [0.15, 0.2) is 33.7 Å². The highest BCUT2D eigenvalue weighted by Gasteiger charge is 2.27. The van der Waals surface area contributed by atoms with E-state index in [2.05, 4.69) is 34.0 Å². The highest BCUT2D eigenvalue weighted by atomic mass is 16.5. The number of hydrogen-bond donors (Lipinski definition) is 1. The minimum atomic E-state index is -0.189. The summed E-state index contributed by atoms with van der Waals surface area (Å²) < 4.78 is 5.36. The minimum Gasteiger partial charge on any atom is -0.333 e. The molecule has 0 spiro atoms. The second kappa shape index (κ2) is 5.65. The molecule has 0 unspecified atom stereocenters. The number of rotatable bonds is 2. The highest BCUT2D eigenvalue weighted by molar-refractivity contribution is 5.59. The molecular formula is C19H20N4O2. The summed E-state index contributed by atoms with van der Waals surface area (Å²) in [6, 6.07) is 5.69. The monoisotopic (exact) mass is 336 g/mol. The maximum Gasteiger partial charge on any atom is 0.263 e. The van der Waals surface area contributed by atoms with Crippen LogP contribution in [-0.4, -0.2) is 20.1 Å². The van der Waals surface area contributed by atoms with E-state index in [-0.39, 0.29) is 16.9 Å². The van der Waals surface area contributed by atoms with Gasteiger partial charge in [0.1, 0.15) is 11.3 Å². The Morgan fingerprint density at radius 2 is 2.16 bits per heavy atom. The van der Waals surface area contributed by atoms with Crippen molar-refractivity contribution in [2.75, 3.05) is 0 Å². The molecule has 0 bridgehead atoms. The van der Waals surface area contributed by atoms with Crippen LogP contribution in [0.25, 0.3) is 23.0 Å². The molecular weight excluding hydrogens is 316 g/mol. The minimum absolute atomic E-state index is 0.189. The molecule has 6 heteroatoms. The summed E-state index contributed by atoms with van der Waals surface area (Å²) in [5, 5.41) is 4.00. The van der Waals surface area contributed by atoms with Crippen molar-refractivity contribution in [2.24, 2.45) is 5.41 Å². The number of aryl methyl sites for hydroxylation is 2. The van der Waals surface area contributed by atoms with Crippen molar-refractivity contribution in [1.29, 1.82) is 0 Å². The molecule has 0 saturated heterocycles. The van der Waals surface area contributed by atoms with E-state index in [9.17, 15) is 4.79 Å². The van der Waals surface area contributed by atoms with E-state index in [1.54, 1.807) is 6.20 Å². The summed E-state index contributed by atoms with van der Waals surface area (Å²) in [6.07, 6.45) is 4.57. The zero-order chi connectivity index (χ0) is 17.6. The maximum atomic E-state index is 12.5. The summed E-state index contributed by atoms with van der Waals surface area (Å²) in [5.74, 6) is 0.623. The number of aromatic amines is 1. The molecule has 0 atom stereocenters. The Labute approximate surface area is 145 Å². The van der Waals surface area contributed by atoms with Gasteiger partial charge in [0.2, 0.25) is 5.82 Å². The maximum absolute atomic E-state index is 12.5. The molecule has 0 amide bonds. The van der Waals surface area contributed by atoms with Crippen LogP contribution in [0.5, 0.6) is 0 Å². The van der Waals surface area contributed by atoms with Crippen molar-refractivity contribution in [3.05, 3.63) is 51.6 Å². The first-order valence-corrected chi connectivity index (χ1v) is 8.44. The lowest BCUT2D eigenvalue weighted by molar-refractivity contribution is 0.312. The predicted molar refractivity (Wildman–Crippen MR) is 94.1 cm³/mol. The molecule has 3 heterocycles. The van der Waals surface area contributed by atoms with Gasteiger partial charge < -0.3 is 9.51 Å². The molecule has 3 aromatic rings. The van der Waals surface area contributed by atoms with Crippen molar-refractivity contribution in [3.63, 3.8) is 0 Å². The van der Waals surface area contributed by atoms with E-state index < -0.39 is 0 Å². The molecule has 6 nitrogen and oxygen atoms in total. The summed E-state index contributed by atoms with van der Waals surface area (Å²) in [7, 11) is 0. The van der Waals surface area contributed by atoms with E-state index in [4.69, 9.17) is 4.52 Å². The second-order valence-electron chi connectivity index (χ2n) is 7.45. The van der Waals surface area contributed by atoms with Crippen LogP contribution in [0, 0.1) is 12.3 Å². The van der Waals surface area contributed by atoms with Gasteiger partial charge in [0.15, 0.2) is 0 Å². The third-order valence-electron chi connectivity index (χ3n) is 4.81. The Morgan fingerprint density at radius 3 is 2.96 bits per heavy atom. The number of H-pyrrole nitrogens is 1. The van der Waals surface area contributed by atoms with E-state index >= 15 is 0 Å². The number of pyridine rings is 2. The average molecular weight is 336 g/mol. The van der Waals surface area contributed by atoms with Gasteiger partial charge in [-0.15, -0.1) is 0 Å². The SMILES string of the molecule is Cc1cccnc1-c1noc(-c2cc3c([nH]c2=O)CCC(C)(C)C3)n1. The number of nitrogens with one attached hydrogen (secondary N) is 1. The van der Waals surface area contributed by atoms with Crippen LogP contribution in [-0.2, 0) is 12.8 Å². The van der Waals surface area contributed by atoms with Crippen LogP contribution in [0.1, 0.15) is 37.1 Å². The Morgan fingerprint density at radius 1 is 1.32 bits per heavy atom. The predicted octanol–water partition coefficient (Wildman–Crippen LogP) is 3.31. The Bertz CT molecular complexity index is 1000. The van der Waals surface area contributed by atoms with Crippen LogP contribution < -0.4 is 5.56 Å². The Hall–Kier alpha value is -2.76. The Kier molecular flexibility index (Phi) is 3.56. The summed E-state index contributed by atoms with van der Waals surface area (Å²) >= 11 is 0. The van der Waals surface area contributed by atoms with Gasteiger partial charge in [-0.3, -0.25) is 9.78 Å². The first-order valence-electron chi connectivity index (χ1n) is 8.44. The van der Waals surface area contributed by atoms with Gasteiger partial charge in [0, 0.05) is 11.9 Å². The van der Waals surface area contributed by atoms with Crippen LogP contribution in [0.3, 0.4) is 0 Å². The van der Waals surface area contributed by atoms with Gasteiger partial charge in [-0.1, -0.05) is 25.1 Å². The average Bonchev–Trinajstić information content (AvgIpc) is 3.04. The second-order valence-corrected chi connectivity index (χ2v) is 7.45. The van der Waals surface area contributed by atoms with E-state index in [0.29, 0.717) is 17.1 Å². The van der Waals surface area contributed by atoms with Gasteiger partial charge in [0.25, 0.3) is 11.4 Å². The molecule has 0 aliphatic heterocycles. The molecule has 0 fully saturated rings. The zero-order valence-corrected chi connectivity index (χ0v) is 14.6. The fourth-order valence-electron chi connectivity index (χ4n) is 3.37. The fourth-order valence-corrected chi connectivity index (χ4v) is 3.37. The van der Waals surface area contributed by atoms with Crippen molar-refractivity contribution in [1.82, 2.24) is 20.1 Å². The molecule has 25 heavy (non-hydrogen) atoms. The quantitative estimate of drug-likeness (QED) is 0.776. The van der Waals surface area contributed by atoms with E-state index in [0.717, 1.165) is 36.1 Å². The lowest BCUT2D eigenvalue weighted by atomic mass is 9.76. The van der Waals surface area contributed by atoms with E-state index in [1.807, 2.05) is 25.1 Å². The summed E-state index contributed by atoms with van der Waals surface area (Å²) in [5.41, 5.74) is 4.25. The lowest BCUT2D eigenvalue weighted by Gasteiger charge is -2.30. The van der Waals surface area contributed by atoms with Crippen molar-refractivity contribution < 1.29 is 4.52 Å².